The first kappa shape index (κ1) is 15.0. The molecule has 0 radical (unpaired) electrons. The second-order valence-corrected chi connectivity index (χ2v) is 4.98. The summed E-state index contributed by atoms with van der Waals surface area (Å²) in [4.78, 5) is 16.3. The zero-order valence-corrected chi connectivity index (χ0v) is 12.5. The molecule has 1 aromatic heterocycles. The van der Waals surface area contributed by atoms with Gasteiger partial charge >= 0.3 is 0 Å². The number of amides is 1. The Morgan fingerprint density at radius 2 is 1.76 bits per heavy atom. The van der Waals surface area contributed by atoms with Gasteiger partial charge in [-0.2, -0.15) is 0 Å². The number of aryl methyl sites for hydroxylation is 2. The van der Waals surface area contributed by atoms with Gasteiger partial charge in [0.2, 0.25) is 0 Å². The maximum atomic E-state index is 12.2. The second-order valence-electron chi connectivity index (χ2n) is 4.98. The van der Waals surface area contributed by atoms with Gasteiger partial charge in [0, 0.05) is 17.8 Å². The third-order valence-electron chi connectivity index (χ3n) is 3.41. The van der Waals surface area contributed by atoms with Crippen LogP contribution in [-0.4, -0.2) is 10.9 Å². The molecule has 4 heteroatoms. The largest absolute Gasteiger partial charge is 0.384 e. The zero-order valence-electron chi connectivity index (χ0n) is 12.5. The molecule has 0 saturated heterocycles. The van der Waals surface area contributed by atoms with Crippen molar-refractivity contribution in [2.24, 2.45) is 0 Å². The minimum atomic E-state index is -0.127. The summed E-state index contributed by atoms with van der Waals surface area (Å²) >= 11 is 0. The summed E-state index contributed by atoms with van der Waals surface area (Å²) in [6, 6.07) is 11.6. The van der Waals surface area contributed by atoms with Crippen LogP contribution in [0.25, 0.3) is 0 Å². The van der Waals surface area contributed by atoms with Crippen LogP contribution >= 0.6 is 0 Å². The number of anilines is 1. The number of carbonyl (C=O) groups is 1. The zero-order chi connectivity index (χ0) is 15.2. The summed E-state index contributed by atoms with van der Waals surface area (Å²) in [6.45, 7) is 4.61. The number of benzene rings is 1. The first-order chi connectivity index (χ1) is 10.1. The fraction of sp³-hybridized carbons (Fsp3) is 0.294. The quantitative estimate of drug-likeness (QED) is 0.886. The van der Waals surface area contributed by atoms with Crippen LogP contribution < -0.4 is 11.1 Å². The lowest BCUT2D eigenvalue weighted by Crippen LogP contribution is -2.23. The van der Waals surface area contributed by atoms with E-state index in [1.54, 1.807) is 12.1 Å². The first-order valence-corrected chi connectivity index (χ1v) is 7.24. The Morgan fingerprint density at radius 1 is 1.10 bits per heavy atom. The maximum absolute atomic E-state index is 12.2. The lowest BCUT2D eigenvalue weighted by Gasteiger charge is -2.08. The van der Waals surface area contributed by atoms with Gasteiger partial charge in [0.05, 0.1) is 0 Å². The standard InChI is InChI=1S/C17H21N3O/c1-3-12-5-7-13(8-6-12)11-19-17(21)14-9-15(4-2)20-16(18)10-14/h5-10H,3-4,11H2,1-2H3,(H2,18,20)(H,19,21). The molecule has 2 aromatic rings. The smallest absolute Gasteiger partial charge is 0.251 e. The van der Waals surface area contributed by atoms with Crippen molar-refractivity contribution in [3.05, 3.63) is 58.8 Å². The van der Waals surface area contributed by atoms with Gasteiger partial charge in [0.1, 0.15) is 5.82 Å². The van der Waals surface area contributed by atoms with E-state index in [9.17, 15) is 4.79 Å². The number of nitrogens with zero attached hydrogens (tertiary/aromatic N) is 1. The monoisotopic (exact) mass is 283 g/mol. The van der Waals surface area contributed by atoms with Crippen molar-refractivity contribution in [1.29, 1.82) is 0 Å². The van der Waals surface area contributed by atoms with Gasteiger partial charge in [0.25, 0.3) is 5.91 Å². The molecule has 21 heavy (non-hydrogen) atoms. The van der Waals surface area contributed by atoms with Crippen molar-refractivity contribution in [3.8, 4) is 0 Å². The van der Waals surface area contributed by atoms with E-state index in [0.29, 0.717) is 17.9 Å². The Bertz CT molecular complexity index is 620. The van der Waals surface area contributed by atoms with E-state index in [1.807, 2.05) is 19.1 Å². The van der Waals surface area contributed by atoms with Gasteiger partial charge in [-0.05, 0) is 36.1 Å². The second kappa shape index (κ2) is 6.88. The Morgan fingerprint density at radius 3 is 2.38 bits per heavy atom. The molecule has 0 saturated carbocycles. The van der Waals surface area contributed by atoms with E-state index in [0.717, 1.165) is 24.1 Å². The SMILES string of the molecule is CCc1ccc(CNC(=O)c2cc(N)nc(CC)c2)cc1. The Labute approximate surface area is 125 Å². The first-order valence-electron chi connectivity index (χ1n) is 7.24. The van der Waals surface area contributed by atoms with Gasteiger partial charge in [-0.15, -0.1) is 0 Å². The molecule has 4 nitrogen and oxygen atoms in total. The number of nitrogens with one attached hydrogen (secondary N) is 1. The fourth-order valence-corrected chi connectivity index (χ4v) is 2.10. The van der Waals surface area contributed by atoms with Gasteiger partial charge < -0.3 is 11.1 Å². The Balaban J connectivity index is 2.02. The van der Waals surface area contributed by atoms with E-state index >= 15 is 0 Å². The van der Waals surface area contributed by atoms with E-state index in [4.69, 9.17) is 5.73 Å². The van der Waals surface area contributed by atoms with Crippen LogP contribution in [0.5, 0.6) is 0 Å². The van der Waals surface area contributed by atoms with Crippen molar-refractivity contribution < 1.29 is 4.79 Å². The summed E-state index contributed by atoms with van der Waals surface area (Å²) in [5, 5.41) is 2.91. The molecule has 1 aromatic carbocycles. The predicted molar refractivity (Wildman–Crippen MR) is 85.0 cm³/mol. The molecule has 0 atom stereocenters. The summed E-state index contributed by atoms with van der Waals surface area (Å²) in [5.41, 5.74) is 9.48. The Hall–Kier alpha value is -2.36. The van der Waals surface area contributed by atoms with E-state index in [-0.39, 0.29) is 5.91 Å². The molecule has 0 aliphatic heterocycles. The molecular weight excluding hydrogens is 262 g/mol. The van der Waals surface area contributed by atoms with Crippen LogP contribution in [0, 0.1) is 0 Å². The van der Waals surface area contributed by atoms with E-state index in [1.165, 1.54) is 5.56 Å². The van der Waals surface area contributed by atoms with Crippen molar-refractivity contribution >= 4 is 11.7 Å². The van der Waals surface area contributed by atoms with Crippen LogP contribution in [-0.2, 0) is 19.4 Å². The normalized spacial score (nSPS) is 10.4. The minimum Gasteiger partial charge on any atom is -0.384 e. The number of aromatic nitrogens is 1. The fourth-order valence-electron chi connectivity index (χ4n) is 2.10. The van der Waals surface area contributed by atoms with Crippen LogP contribution in [0.4, 0.5) is 5.82 Å². The molecule has 3 N–H and O–H groups in total. The number of hydrogen-bond donors (Lipinski definition) is 2. The van der Waals surface area contributed by atoms with Crippen LogP contribution in [0.1, 0.15) is 41.0 Å². The minimum absolute atomic E-state index is 0.127. The van der Waals surface area contributed by atoms with Crippen LogP contribution in [0.2, 0.25) is 0 Å². The number of nitrogens with two attached hydrogens (primary N) is 1. The molecule has 0 unspecified atom stereocenters. The lowest BCUT2D eigenvalue weighted by molar-refractivity contribution is 0.0950. The molecular formula is C17H21N3O. The highest BCUT2D eigenvalue weighted by Crippen LogP contribution is 2.09. The Kier molecular flexibility index (Phi) is 4.93. The molecule has 0 bridgehead atoms. The van der Waals surface area contributed by atoms with Crippen LogP contribution in [0.3, 0.4) is 0 Å². The molecule has 2 rings (SSSR count). The number of carbonyl (C=O) groups excluding carboxylic acids is 1. The van der Waals surface area contributed by atoms with E-state index < -0.39 is 0 Å². The summed E-state index contributed by atoms with van der Waals surface area (Å²) in [7, 11) is 0. The highest BCUT2D eigenvalue weighted by molar-refractivity contribution is 5.94. The number of pyridine rings is 1. The van der Waals surface area contributed by atoms with Gasteiger partial charge in [-0.3, -0.25) is 4.79 Å². The molecule has 0 aliphatic rings. The van der Waals surface area contributed by atoms with Gasteiger partial charge in [-0.25, -0.2) is 4.98 Å². The van der Waals surface area contributed by atoms with Crippen molar-refractivity contribution in [2.45, 2.75) is 33.2 Å². The summed E-state index contributed by atoms with van der Waals surface area (Å²) in [6.07, 6.45) is 1.77. The molecule has 0 spiro atoms. The van der Waals surface area contributed by atoms with Crippen molar-refractivity contribution in [2.75, 3.05) is 5.73 Å². The third kappa shape index (κ3) is 4.05. The lowest BCUT2D eigenvalue weighted by atomic mass is 10.1. The molecule has 0 aliphatic carbocycles. The summed E-state index contributed by atoms with van der Waals surface area (Å²) in [5.74, 6) is 0.255. The highest BCUT2D eigenvalue weighted by atomic mass is 16.1. The topological polar surface area (TPSA) is 68.0 Å². The van der Waals surface area contributed by atoms with Crippen molar-refractivity contribution in [3.63, 3.8) is 0 Å². The molecule has 0 fully saturated rings. The summed E-state index contributed by atoms with van der Waals surface area (Å²) < 4.78 is 0. The average molecular weight is 283 g/mol. The molecule has 1 heterocycles. The highest BCUT2D eigenvalue weighted by Gasteiger charge is 2.08. The number of rotatable bonds is 5. The number of nitrogen functional groups attached to an aromatic ring is 1. The van der Waals surface area contributed by atoms with E-state index in [2.05, 4.69) is 29.4 Å². The number of hydrogen-bond acceptors (Lipinski definition) is 3. The van der Waals surface area contributed by atoms with Crippen LogP contribution in [0.15, 0.2) is 36.4 Å². The van der Waals surface area contributed by atoms with Crippen molar-refractivity contribution in [1.82, 2.24) is 10.3 Å². The van der Waals surface area contributed by atoms with Gasteiger partial charge in [0.15, 0.2) is 0 Å². The molecule has 1 amide bonds. The molecule has 110 valence electrons. The third-order valence-corrected chi connectivity index (χ3v) is 3.41. The average Bonchev–Trinajstić information content (AvgIpc) is 2.52. The predicted octanol–water partition coefficient (Wildman–Crippen LogP) is 2.72. The van der Waals surface area contributed by atoms with Gasteiger partial charge in [-0.1, -0.05) is 38.1 Å². The maximum Gasteiger partial charge on any atom is 0.251 e.